The molecule has 2 aromatic rings. The number of H-pyrrole nitrogens is 1. The number of benzene rings is 1. The Morgan fingerprint density at radius 2 is 2.00 bits per heavy atom. The van der Waals surface area contributed by atoms with Gasteiger partial charge >= 0.3 is 11.8 Å². The number of hydrogen-bond acceptors (Lipinski definition) is 4. The molecule has 8 nitrogen and oxygen atoms in total. The van der Waals surface area contributed by atoms with Gasteiger partial charge in [0.05, 0.1) is 10.6 Å². The second-order valence-electron chi connectivity index (χ2n) is 3.97. The molecule has 1 aromatic carbocycles. The van der Waals surface area contributed by atoms with Crippen molar-refractivity contribution in [2.45, 2.75) is 0 Å². The summed E-state index contributed by atoms with van der Waals surface area (Å²) in [6.45, 7) is 0. The van der Waals surface area contributed by atoms with E-state index in [0.717, 1.165) is 6.07 Å². The minimum atomic E-state index is -1.18. The van der Waals surface area contributed by atoms with Crippen LogP contribution >= 0.6 is 11.6 Å². The Kier molecular flexibility index (Phi) is 3.90. The summed E-state index contributed by atoms with van der Waals surface area (Å²) in [7, 11) is 0. The minimum Gasteiger partial charge on any atom is -0.478 e. The van der Waals surface area contributed by atoms with Crippen molar-refractivity contribution in [2.75, 3.05) is 5.32 Å². The van der Waals surface area contributed by atoms with Crippen molar-refractivity contribution in [3.63, 3.8) is 0 Å². The minimum absolute atomic E-state index is 0.000124. The van der Waals surface area contributed by atoms with E-state index in [0.29, 0.717) is 0 Å². The van der Waals surface area contributed by atoms with Gasteiger partial charge in [-0.25, -0.2) is 9.78 Å². The van der Waals surface area contributed by atoms with Gasteiger partial charge in [0.15, 0.2) is 5.69 Å². The van der Waals surface area contributed by atoms with E-state index < -0.39 is 16.8 Å². The van der Waals surface area contributed by atoms with Crippen molar-refractivity contribution in [3.8, 4) is 0 Å². The zero-order chi connectivity index (χ0) is 15.6. The highest BCUT2D eigenvalue weighted by Crippen LogP contribution is 2.21. The van der Waals surface area contributed by atoms with E-state index in [2.05, 4.69) is 10.3 Å². The number of carboxylic acids is 1. The van der Waals surface area contributed by atoms with E-state index in [-0.39, 0.29) is 27.8 Å². The summed E-state index contributed by atoms with van der Waals surface area (Å²) < 4.78 is 0. The van der Waals surface area contributed by atoms with E-state index in [1.54, 1.807) is 0 Å². The summed E-state index contributed by atoms with van der Waals surface area (Å²) in [5.74, 6) is -2.10. The quantitative estimate of drug-likeness (QED) is 0.591. The maximum absolute atomic E-state index is 11.9. The molecule has 0 bridgehead atoms. The third-order valence-corrected chi connectivity index (χ3v) is 2.88. The molecule has 0 aliphatic carbocycles. The zero-order valence-electron chi connectivity index (χ0n) is 10.3. The number of hydrogen-bond donors (Lipinski definition) is 3. The fraction of sp³-hybridized carbons (Fsp3) is 0. The zero-order valence-corrected chi connectivity index (χ0v) is 11.0. The summed E-state index contributed by atoms with van der Waals surface area (Å²) in [6, 6.07) is 6.32. The first-order chi connectivity index (χ1) is 9.88. The van der Waals surface area contributed by atoms with Crippen LogP contribution in [-0.2, 0) is 0 Å². The largest absolute Gasteiger partial charge is 0.478 e. The molecule has 9 heteroatoms. The number of carboxylic acid groups (broad SMARTS) is 1. The van der Waals surface area contributed by atoms with E-state index >= 15 is 0 Å². The van der Waals surface area contributed by atoms with Crippen LogP contribution in [0.25, 0.3) is 0 Å². The lowest BCUT2D eigenvalue weighted by Crippen LogP contribution is -2.12. The monoisotopic (exact) mass is 309 g/mol. The van der Waals surface area contributed by atoms with Gasteiger partial charge in [0.25, 0.3) is 5.91 Å². The summed E-state index contributed by atoms with van der Waals surface area (Å²) in [5.41, 5.74) is 0.178. The molecule has 0 unspecified atom stereocenters. The Balaban J connectivity index is 2.17. The van der Waals surface area contributed by atoms with Crippen LogP contribution in [0.2, 0.25) is 5.02 Å². The summed E-state index contributed by atoms with van der Waals surface area (Å²) in [6.07, 6.45) is 0. The van der Waals surface area contributed by atoms with Crippen molar-refractivity contribution in [3.05, 3.63) is 56.7 Å². The third kappa shape index (κ3) is 3.18. The fourth-order valence-electron chi connectivity index (χ4n) is 1.59. The van der Waals surface area contributed by atoms with Crippen LogP contribution in [0.3, 0.4) is 0 Å². The Labute approximate surface area is 122 Å². The Bertz CT molecular complexity index is 740. The van der Waals surface area contributed by atoms with Crippen molar-refractivity contribution >= 4 is 35.0 Å². The Hall–Kier alpha value is -2.87. The van der Waals surface area contributed by atoms with Gasteiger partial charge in [-0.05, 0) is 29.2 Å². The number of rotatable bonds is 4. The smallest absolute Gasteiger partial charge is 0.337 e. The van der Waals surface area contributed by atoms with Crippen LogP contribution in [-0.4, -0.2) is 26.9 Å². The average Bonchev–Trinajstić information content (AvgIpc) is 2.88. The second kappa shape index (κ2) is 5.63. The van der Waals surface area contributed by atoms with E-state index in [4.69, 9.17) is 16.7 Å². The second-order valence-corrected chi connectivity index (χ2v) is 4.38. The van der Waals surface area contributed by atoms with Crippen LogP contribution in [0.15, 0.2) is 30.3 Å². The molecule has 3 N–H and O–H groups in total. The van der Waals surface area contributed by atoms with Crippen molar-refractivity contribution in [1.82, 2.24) is 4.98 Å². The number of amides is 1. The molecule has 0 radical (unpaired) electrons. The number of halogens is 1. The van der Waals surface area contributed by atoms with Gasteiger partial charge in [-0.1, -0.05) is 11.6 Å². The molecule has 0 saturated heterocycles. The maximum atomic E-state index is 11.9. The first-order valence-corrected chi connectivity index (χ1v) is 5.94. The highest BCUT2D eigenvalue weighted by molar-refractivity contribution is 6.33. The lowest BCUT2D eigenvalue weighted by Gasteiger charge is -2.05. The molecule has 2 rings (SSSR count). The van der Waals surface area contributed by atoms with Crippen molar-refractivity contribution in [1.29, 1.82) is 0 Å². The number of nitrogens with one attached hydrogen (secondary N) is 2. The van der Waals surface area contributed by atoms with Gasteiger partial charge < -0.3 is 20.5 Å². The van der Waals surface area contributed by atoms with Gasteiger partial charge in [-0.15, -0.1) is 0 Å². The normalized spacial score (nSPS) is 10.1. The molecular weight excluding hydrogens is 302 g/mol. The summed E-state index contributed by atoms with van der Waals surface area (Å²) in [4.78, 5) is 34.9. The van der Waals surface area contributed by atoms with Gasteiger partial charge in [-0.2, -0.15) is 0 Å². The van der Waals surface area contributed by atoms with Gasteiger partial charge in [0.2, 0.25) is 0 Å². The lowest BCUT2D eigenvalue weighted by molar-refractivity contribution is -0.389. The molecule has 0 saturated carbocycles. The molecule has 0 atom stereocenters. The molecule has 0 spiro atoms. The fourth-order valence-corrected chi connectivity index (χ4v) is 1.85. The highest BCUT2D eigenvalue weighted by atomic mass is 35.5. The summed E-state index contributed by atoms with van der Waals surface area (Å²) >= 11 is 5.77. The van der Waals surface area contributed by atoms with Crippen LogP contribution in [0, 0.1) is 10.1 Å². The number of carbonyl (C=O) groups is 2. The number of anilines is 1. The van der Waals surface area contributed by atoms with Crippen LogP contribution in [0.1, 0.15) is 20.8 Å². The third-order valence-electron chi connectivity index (χ3n) is 2.57. The topological polar surface area (TPSA) is 125 Å². The molecule has 0 aliphatic heterocycles. The van der Waals surface area contributed by atoms with E-state index in [9.17, 15) is 19.7 Å². The molecule has 108 valence electrons. The Morgan fingerprint density at radius 3 is 2.52 bits per heavy atom. The predicted molar refractivity (Wildman–Crippen MR) is 73.8 cm³/mol. The van der Waals surface area contributed by atoms with E-state index in [1.807, 2.05) is 0 Å². The molecular formula is C12H8ClN3O5. The molecule has 0 aliphatic rings. The predicted octanol–water partition coefficient (Wildman–Crippen LogP) is 2.53. The lowest BCUT2D eigenvalue weighted by atomic mass is 10.2. The van der Waals surface area contributed by atoms with Gasteiger partial charge in [0, 0.05) is 11.8 Å². The van der Waals surface area contributed by atoms with Crippen LogP contribution < -0.4 is 5.32 Å². The maximum Gasteiger partial charge on any atom is 0.337 e. The van der Waals surface area contributed by atoms with Gasteiger partial charge in [0.1, 0.15) is 0 Å². The first kappa shape index (κ1) is 14.5. The van der Waals surface area contributed by atoms with Crippen LogP contribution in [0.5, 0.6) is 0 Å². The number of aromatic amines is 1. The molecule has 0 fully saturated rings. The number of carbonyl (C=O) groups excluding carboxylic acids is 1. The van der Waals surface area contributed by atoms with E-state index in [1.165, 1.54) is 24.3 Å². The number of nitrogens with zero attached hydrogens (tertiary/aromatic N) is 1. The highest BCUT2D eigenvalue weighted by Gasteiger charge is 2.16. The molecule has 21 heavy (non-hydrogen) atoms. The standard InChI is InChI=1S/C12H8ClN3O5/c13-8-5-6(1-2-7(8)12(18)19)14-11(17)9-3-4-10(15-9)16(20)21/h1-5,15H,(H,14,17)(H,18,19). The number of aromatic carboxylic acids is 1. The molecule has 1 amide bonds. The van der Waals surface area contributed by atoms with Crippen LogP contribution in [0.4, 0.5) is 11.5 Å². The number of aromatic nitrogens is 1. The SMILES string of the molecule is O=C(Nc1ccc(C(=O)O)c(Cl)c1)c1ccc([N+](=O)[O-])[nH]1. The average molecular weight is 310 g/mol. The van der Waals surface area contributed by atoms with Crippen molar-refractivity contribution < 1.29 is 19.6 Å². The first-order valence-electron chi connectivity index (χ1n) is 5.56. The van der Waals surface area contributed by atoms with Crippen molar-refractivity contribution in [2.24, 2.45) is 0 Å². The summed E-state index contributed by atoms with van der Waals surface area (Å²) in [5, 5.41) is 21.8. The molecule has 1 aromatic heterocycles. The molecule has 1 heterocycles. The Morgan fingerprint density at radius 1 is 1.29 bits per heavy atom. The number of nitro groups is 1. The van der Waals surface area contributed by atoms with Gasteiger partial charge in [-0.3, -0.25) is 4.79 Å².